The molecule has 0 radical (unpaired) electrons. The molecule has 7 heteroatoms. The lowest BCUT2D eigenvalue weighted by Gasteiger charge is -2.23. The monoisotopic (exact) mass is 424 g/mol. The molecule has 0 atom stereocenters. The van der Waals surface area contributed by atoms with E-state index in [9.17, 15) is 9.59 Å². The molecule has 0 bridgehead atoms. The second kappa shape index (κ2) is 9.81. The number of aromatic nitrogens is 2. The summed E-state index contributed by atoms with van der Waals surface area (Å²) in [5, 5.41) is 3.20. The van der Waals surface area contributed by atoms with E-state index in [0.29, 0.717) is 18.8 Å². The minimum atomic E-state index is -0.295. The number of amides is 1. The van der Waals surface area contributed by atoms with E-state index in [2.05, 4.69) is 53.3 Å². The van der Waals surface area contributed by atoms with Crippen LogP contribution in [0.25, 0.3) is 11.1 Å². The van der Waals surface area contributed by atoms with Gasteiger partial charge in [-0.1, -0.05) is 26.0 Å². The lowest BCUT2D eigenvalue weighted by molar-refractivity contribution is 0.0953. The topological polar surface area (TPSA) is 80.4 Å². The molecule has 2 aromatic heterocycles. The number of hydrogen-bond donors (Lipinski definition) is 1. The third kappa shape index (κ3) is 5.16. The molecule has 0 aliphatic rings. The van der Waals surface area contributed by atoms with Crippen LogP contribution in [0.2, 0.25) is 0 Å². The fourth-order valence-electron chi connectivity index (χ4n) is 3.79. The zero-order valence-corrected chi connectivity index (χ0v) is 19.1. The van der Waals surface area contributed by atoms with Crippen LogP contribution in [-0.2, 0) is 6.54 Å². The van der Waals surface area contributed by atoms with Crippen molar-refractivity contribution in [2.75, 3.05) is 24.5 Å². The van der Waals surface area contributed by atoms with Crippen LogP contribution in [0.4, 0.5) is 5.69 Å². The molecule has 166 valence electrons. The fourth-order valence-corrected chi connectivity index (χ4v) is 3.79. The average Bonchev–Trinajstić information content (AvgIpc) is 3.06. The predicted molar refractivity (Wildman–Crippen MR) is 124 cm³/mol. The SMILES string of the molecule is CCN(CCCNC(=O)c1c(C)oc2ncn(CC(C)C)c(=O)c12)c1cccc(C)c1. The van der Waals surface area contributed by atoms with Crippen molar-refractivity contribution in [1.82, 2.24) is 14.9 Å². The summed E-state index contributed by atoms with van der Waals surface area (Å²) in [6, 6.07) is 8.41. The van der Waals surface area contributed by atoms with Gasteiger partial charge in [-0.25, -0.2) is 4.98 Å². The van der Waals surface area contributed by atoms with E-state index in [-0.39, 0.29) is 34.0 Å². The summed E-state index contributed by atoms with van der Waals surface area (Å²) in [6.07, 6.45) is 2.28. The molecule has 0 saturated heterocycles. The number of nitrogens with one attached hydrogen (secondary N) is 1. The number of furan rings is 1. The number of fused-ring (bicyclic) bond motifs is 1. The summed E-state index contributed by atoms with van der Waals surface area (Å²) in [4.78, 5) is 32.3. The fraction of sp³-hybridized carbons (Fsp3) is 0.458. The first-order valence-electron chi connectivity index (χ1n) is 10.9. The first-order valence-corrected chi connectivity index (χ1v) is 10.9. The van der Waals surface area contributed by atoms with Crippen LogP contribution in [0.3, 0.4) is 0 Å². The van der Waals surface area contributed by atoms with Crippen molar-refractivity contribution in [2.24, 2.45) is 5.92 Å². The Kier molecular flexibility index (Phi) is 7.15. The van der Waals surface area contributed by atoms with E-state index in [1.807, 2.05) is 13.8 Å². The smallest absolute Gasteiger partial charge is 0.265 e. The molecule has 2 heterocycles. The van der Waals surface area contributed by atoms with Gasteiger partial charge in [0, 0.05) is 31.9 Å². The van der Waals surface area contributed by atoms with Crippen molar-refractivity contribution in [3.05, 3.63) is 57.8 Å². The highest BCUT2D eigenvalue weighted by atomic mass is 16.3. The summed E-state index contributed by atoms with van der Waals surface area (Å²) in [5.74, 6) is 0.405. The minimum absolute atomic E-state index is 0.212. The molecule has 0 saturated carbocycles. The first-order chi connectivity index (χ1) is 14.8. The number of aryl methyl sites for hydroxylation is 2. The molecule has 0 aliphatic heterocycles. The molecular weight excluding hydrogens is 392 g/mol. The van der Waals surface area contributed by atoms with Gasteiger partial charge in [0.05, 0.1) is 5.56 Å². The van der Waals surface area contributed by atoms with Crippen molar-refractivity contribution in [3.63, 3.8) is 0 Å². The maximum absolute atomic E-state index is 12.9. The number of carbonyl (C=O) groups excluding carboxylic acids is 1. The van der Waals surface area contributed by atoms with E-state index in [0.717, 1.165) is 19.5 Å². The maximum Gasteiger partial charge on any atom is 0.265 e. The van der Waals surface area contributed by atoms with E-state index < -0.39 is 0 Å². The van der Waals surface area contributed by atoms with E-state index in [1.54, 1.807) is 11.5 Å². The number of nitrogens with zero attached hydrogens (tertiary/aromatic N) is 3. The molecule has 0 spiro atoms. The summed E-state index contributed by atoms with van der Waals surface area (Å²) in [6.45, 7) is 12.7. The van der Waals surface area contributed by atoms with Gasteiger partial charge in [0.1, 0.15) is 17.5 Å². The number of anilines is 1. The van der Waals surface area contributed by atoms with Crippen LogP contribution in [-0.4, -0.2) is 35.1 Å². The van der Waals surface area contributed by atoms with E-state index in [1.165, 1.54) is 17.6 Å². The second-order valence-electron chi connectivity index (χ2n) is 8.34. The van der Waals surface area contributed by atoms with Gasteiger partial charge in [-0.3, -0.25) is 14.2 Å². The van der Waals surface area contributed by atoms with Crippen LogP contribution in [0.5, 0.6) is 0 Å². The maximum atomic E-state index is 12.9. The van der Waals surface area contributed by atoms with E-state index >= 15 is 0 Å². The highest BCUT2D eigenvalue weighted by Gasteiger charge is 2.22. The normalized spacial score (nSPS) is 11.3. The van der Waals surface area contributed by atoms with Crippen LogP contribution in [0, 0.1) is 19.8 Å². The van der Waals surface area contributed by atoms with E-state index in [4.69, 9.17) is 4.42 Å². The quantitative estimate of drug-likeness (QED) is 0.527. The molecule has 1 aromatic carbocycles. The number of carbonyl (C=O) groups is 1. The largest absolute Gasteiger partial charge is 0.442 e. The van der Waals surface area contributed by atoms with Gasteiger partial charge in [0.2, 0.25) is 5.71 Å². The molecule has 0 aliphatic carbocycles. The second-order valence-corrected chi connectivity index (χ2v) is 8.34. The lowest BCUT2D eigenvalue weighted by atomic mass is 10.1. The zero-order valence-electron chi connectivity index (χ0n) is 19.1. The Morgan fingerprint density at radius 1 is 1.29 bits per heavy atom. The molecule has 0 fully saturated rings. The summed E-state index contributed by atoms with van der Waals surface area (Å²) in [7, 11) is 0. The molecule has 0 unspecified atom stereocenters. The third-order valence-electron chi connectivity index (χ3n) is 5.28. The Morgan fingerprint density at radius 2 is 2.06 bits per heavy atom. The predicted octanol–water partition coefficient (Wildman–Crippen LogP) is 3.91. The number of hydrogen-bond acceptors (Lipinski definition) is 5. The van der Waals surface area contributed by atoms with Crippen molar-refractivity contribution in [2.45, 2.75) is 47.6 Å². The zero-order chi connectivity index (χ0) is 22.5. The highest BCUT2D eigenvalue weighted by molar-refractivity contribution is 6.06. The molecule has 1 amide bonds. The van der Waals surface area contributed by atoms with Crippen LogP contribution >= 0.6 is 0 Å². The Hall–Kier alpha value is -3.09. The molecule has 31 heavy (non-hydrogen) atoms. The minimum Gasteiger partial charge on any atom is -0.442 e. The summed E-state index contributed by atoms with van der Waals surface area (Å²) < 4.78 is 7.14. The van der Waals surface area contributed by atoms with Gasteiger partial charge in [-0.15, -0.1) is 0 Å². The standard InChI is InChI=1S/C24H32N4O3/c1-6-27(19-10-7-9-17(4)13-19)12-8-11-25-22(29)20-18(5)31-23-21(20)24(30)28(15-26-23)14-16(2)3/h7,9-10,13,15-16H,6,8,11-12,14H2,1-5H3,(H,25,29). The first kappa shape index (κ1) is 22.6. The Morgan fingerprint density at radius 3 is 2.74 bits per heavy atom. The van der Waals surface area contributed by atoms with Gasteiger partial charge < -0.3 is 14.6 Å². The molecule has 3 aromatic rings. The molecular formula is C24H32N4O3. The van der Waals surface area contributed by atoms with Crippen molar-refractivity contribution < 1.29 is 9.21 Å². The molecule has 3 rings (SSSR count). The number of benzene rings is 1. The molecule has 7 nitrogen and oxygen atoms in total. The Balaban J connectivity index is 1.69. The van der Waals surface area contributed by atoms with Gasteiger partial charge >= 0.3 is 0 Å². The Labute approximate surface area is 183 Å². The highest BCUT2D eigenvalue weighted by Crippen LogP contribution is 2.21. The van der Waals surface area contributed by atoms with Gasteiger partial charge in [-0.2, -0.15) is 0 Å². The van der Waals surface area contributed by atoms with Gasteiger partial charge in [0.15, 0.2) is 0 Å². The summed E-state index contributed by atoms with van der Waals surface area (Å²) in [5.41, 5.74) is 2.67. The average molecular weight is 425 g/mol. The van der Waals surface area contributed by atoms with Crippen molar-refractivity contribution in [1.29, 1.82) is 0 Å². The van der Waals surface area contributed by atoms with Gasteiger partial charge in [0.25, 0.3) is 11.5 Å². The summed E-state index contributed by atoms with van der Waals surface area (Å²) >= 11 is 0. The third-order valence-corrected chi connectivity index (χ3v) is 5.28. The van der Waals surface area contributed by atoms with Crippen LogP contribution in [0.1, 0.15) is 48.9 Å². The molecule has 1 N–H and O–H groups in total. The van der Waals surface area contributed by atoms with Gasteiger partial charge in [-0.05, 0) is 50.8 Å². The number of rotatable bonds is 9. The Bertz CT molecular complexity index is 1110. The van der Waals surface area contributed by atoms with Crippen LogP contribution in [0.15, 0.2) is 39.8 Å². The van der Waals surface area contributed by atoms with Crippen molar-refractivity contribution >= 4 is 22.7 Å². The van der Waals surface area contributed by atoms with Crippen LogP contribution < -0.4 is 15.8 Å². The van der Waals surface area contributed by atoms with Crippen molar-refractivity contribution in [3.8, 4) is 0 Å². The lowest BCUT2D eigenvalue weighted by Crippen LogP contribution is -2.31.